The van der Waals surface area contributed by atoms with Gasteiger partial charge in [0.25, 0.3) is 0 Å². The number of nitrogens with zero attached hydrogens (tertiary/aromatic N) is 1. The lowest BCUT2D eigenvalue weighted by Gasteiger charge is -2.07. The van der Waals surface area contributed by atoms with Gasteiger partial charge in [0.1, 0.15) is 17.4 Å². The molecule has 0 fully saturated rings. The van der Waals surface area contributed by atoms with Gasteiger partial charge in [-0.2, -0.15) is 5.26 Å². The van der Waals surface area contributed by atoms with Crippen LogP contribution in [0.3, 0.4) is 0 Å². The first-order valence-corrected chi connectivity index (χ1v) is 7.11. The Balaban J connectivity index is 2.43. The molecule has 0 bridgehead atoms. The molecule has 110 valence electrons. The Morgan fingerprint density at radius 3 is 2.55 bits per heavy atom. The second-order valence-electron chi connectivity index (χ2n) is 4.78. The number of hydrogen-bond acceptors (Lipinski definition) is 3. The van der Waals surface area contributed by atoms with Crippen LogP contribution in [0.2, 0.25) is 0 Å². The van der Waals surface area contributed by atoms with Crippen molar-refractivity contribution in [3.05, 3.63) is 70.8 Å². The van der Waals surface area contributed by atoms with Crippen LogP contribution >= 0.6 is 0 Å². The standard InChI is InChI=1S/C19H17NO2/c1-3-22-18-11-7-5-9-15(18)12-16(13-20)19(21)17-10-6-4-8-14(17)2/h4-12H,3H2,1-2H3/b16-12+. The lowest BCUT2D eigenvalue weighted by atomic mass is 9.98. The maximum Gasteiger partial charge on any atom is 0.203 e. The van der Waals surface area contributed by atoms with Crippen LogP contribution in [0.5, 0.6) is 5.75 Å². The number of carbonyl (C=O) groups excluding carboxylic acids is 1. The van der Waals surface area contributed by atoms with Crippen LogP contribution in [0.15, 0.2) is 54.1 Å². The summed E-state index contributed by atoms with van der Waals surface area (Å²) in [5.74, 6) is 0.391. The number of aryl methyl sites for hydroxylation is 1. The smallest absolute Gasteiger partial charge is 0.203 e. The summed E-state index contributed by atoms with van der Waals surface area (Å²) < 4.78 is 5.53. The summed E-state index contributed by atoms with van der Waals surface area (Å²) in [4.78, 5) is 12.5. The van der Waals surface area contributed by atoms with E-state index in [0.717, 1.165) is 11.1 Å². The van der Waals surface area contributed by atoms with Crippen molar-refractivity contribution in [3.63, 3.8) is 0 Å². The maximum atomic E-state index is 12.5. The van der Waals surface area contributed by atoms with Gasteiger partial charge in [0, 0.05) is 11.1 Å². The summed E-state index contributed by atoms with van der Waals surface area (Å²) in [6, 6.07) is 16.6. The lowest BCUT2D eigenvalue weighted by molar-refractivity contribution is 0.103. The van der Waals surface area contributed by atoms with E-state index in [1.807, 2.05) is 56.3 Å². The van der Waals surface area contributed by atoms with Crippen LogP contribution in [0, 0.1) is 18.3 Å². The van der Waals surface area contributed by atoms with Gasteiger partial charge in [0.2, 0.25) is 5.78 Å². The van der Waals surface area contributed by atoms with Gasteiger partial charge in [-0.1, -0.05) is 42.5 Å². The molecule has 0 aliphatic heterocycles. The summed E-state index contributed by atoms with van der Waals surface area (Å²) in [7, 11) is 0. The van der Waals surface area contributed by atoms with Crippen LogP contribution in [-0.4, -0.2) is 12.4 Å². The van der Waals surface area contributed by atoms with Gasteiger partial charge in [0.05, 0.1) is 6.61 Å². The molecular weight excluding hydrogens is 274 g/mol. The average Bonchev–Trinajstić information content (AvgIpc) is 2.54. The fourth-order valence-corrected chi connectivity index (χ4v) is 2.16. The fourth-order valence-electron chi connectivity index (χ4n) is 2.16. The van der Waals surface area contributed by atoms with Crippen molar-refractivity contribution in [1.82, 2.24) is 0 Å². The first-order chi connectivity index (χ1) is 10.7. The molecule has 0 heterocycles. The first kappa shape index (κ1) is 15.5. The minimum atomic E-state index is -0.271. The topological polar surface area (TPSA) is 50.1 Å². The van der Waals surface area contributed by atoms with E-state index in [1.165, 1.54) is 0 Å². The third-order valence-corrected chi connectivity index (χ3v) is 3.27. The van der Waals surface area contributed by atoms with Crippen LogP contribution in [0.4, 0.5) is 0 Å². The molecule has 0 radical (unpaired) electrons. The predicted molar refractivity (Wildman–Crippen MR) is 86.7 cm³/mol. The molecule has 0 N–H and O–H groups in total. The molecule has 2 rings (SSSR count). The summed E-state index contributed by atoms with van der Waals surface area (Å²) in [6.45, 7) is 4.28. The zero-order valence-electron chi connectivity index (χ0n) is 12.7. The van der Waals surface area contributed by atoms with Gasteiger partial charge in [-0.3, -0.25) is 4.79 Å². The number of allylic oxidation sites excluding steroid dienone is 1. The van der Waals surface area contributed by atoms with Gasteiger partial charge in [-0.15, -0.1) is 0 Å². The number of hydrogen-bond donors (Lipinski definition) is 0. The van der Waals surface area contributed by atoms with E-state index in [4.69, 9.17) is 4.74 Å². The Bertz CT molecular complexity index is 754. The average molecular weight is 291 g/mol. The fraction of sp³-hybridized carbons (Fsp3) is 0.158. The Hall–Kier alpha value is -2.86. The molecule has 0 unspecified atom stereocenters. The molecule has 0 aliphatic rings. The molecular formula is C19H17NO2. The number of carbonyl (C=O) groups is 1. The highest BCUT2D eigenvalue weighted by Gasteiger charge is 2.14. The number of ketones is 1. The largest absolute Gasteiger partial charge is 0.493 e. The molecule has 0 spiro atoms. The molecule has 0 amide bonds. The highest BCUT2D eigenvalue weighted by Crippen LogP contribution is 2.22. The van der Waals surface area contributed by atoms with Crippen LogP contribution in [-0.2, 0) is 0 Å². The number of Topliss-reactive ketones (excluding diaryl/α,β-unsaturated/α-hetero) is 1. The molecule has 3 nitrogen and oxygen atoms in total. The molecule has 22 heavy (non-hydrogen) atoms. The van der Waals surface area contributed by atoms with Crippen molar-refractivity contribution in [2.24, 2.45) is 0 Å². The zero-order valence-corrected chi connectivity index (χ0v) is 12.7. The predicted octanol–water partition coefficient (Wildman–Crippen LogP) is 4.18. The van der Waals surface area contributed by atoms with E-state index in [-0.39, 0.29) is 11.4 Å². The van der Waals surface area contributed by atoms with Crippen molar-refractivity contribution >= 4 is 11.9 Å². The van der Waals surface area contributed by atoms with E-state index in [9.17, 15) is 10.1 Å². The van der Waals surface area contributed by atoms with Crippen LogP contribution in [0.25, 0.3) is 6.08 Å². The van der Waals surface area contributed by atoms with Gasteiger partial charge in [-0.05, 0) is 31.6 Å². The van der Waals surface area contributed by atoms with Crippen molar-refractivity contribution in [2.75, 3.05) is 6.61 Å². The van der Waals surface area contributed by atoms with Crippen molar-refractivity contribution in [3.8, 4) is 11.8 Å². The summed E-state index contributed by atoms with van der Waals surface area (Å²) in [5, 5.41) is 9.35. The van der Waals surface area contributed by atoms with E-state index in [2.05, 4.69) is 0 Å². The van der Waals surface area contributed by atoms with Gasteiger partial charge in [-0.25, -0.2) is 0 Å². The number of nitriles is 1. The Morgan fingerprint density at radius 2 is 1.86 bits per heavy atom. The summed E-state index contributed by atoms with van der Waals surface area (Å²) >= 11 is 0. The number of para-hydroxylation sites is 1. The molecule has 3 heteroatoms. The normalized spacial score (nSPS) is 10.9. The number of ether oxygens (including phenoxy) is 1. The molecule has 2 aromatic carbocycles. The molecule has 0 saturated carbocycles. The Morgan fingerprint density at radius 1 is 1.18 bits per heavy atom. The highest BCUT2D eigenvalue weighted by molar-refractivity contribution is 6.14. The molecule has 0 atom stereocenters. The molecule has 0 saturated heterocycles. The quantitative estimate of drug-likeness (QED) is 0.471. The second kappa shape index (κ2) is 7.24. The summed E-state index contributed by atoms with van der Waals surface area (Å²) in [6.07, 6.45) is 1.58. The summed E-state index contributed by atoms with van der Waals surface area (Å²) in [5.41, 5.74) is 2.22. The maximum absolute atomic E-state index is 12.5. The van der Waals surface area contributed by atoms with Gasteiger partial charge >= 0.3 is 0 Å². The monoisotopic (exact) mass is 291 g/mol. The van der Waals surface area contributed by atoms with Crippen molar-refractivity contribution < 1.29 is 9.53 Å². The van der Waals surface area contributed by atoms with E-state index in [0.29, 0.717) is 17.9 Å². The van der Waals surface area contributed by atoms with Crippen molar-refractivity contribution in [1.29, 1.82) is 5.26 Å². The van der Waals surface area contributed by atoms with Gasteiger partial charge < -0.3 is 4.74 Å². The van der Waals surface area contributed by atoms with E-state index < -0.39 is 0 Å². The third-order valence-electron chi connectivity index (χ3n) is 3.27. The van der Waals surface area contributed by atoms with Crippen LogP contribution < -0.4 is 4.74 Å². The molecule has 0 aromatic heterocycles. The molecule has 2 aromatic rings. The van der Waals surface area contributed by atoms with Gasteiger partial charge in [0.15, 0.2) is 0 Å². The minimum Gasteiger partial charge on any atom is -0.493 e. The Labute approximate surface area is 130 Å². The number of benzene rings is 2. The Kier molecular flexibility index (Phi) is 5.11. The zero-order chi connectivity index (χ0) is 15.9. The lowest BCUT2D eigenvalue weighted by Crippen LogP contribution is -2.04. The number of rotatable bonds is 5. The van der Waals surface area contributed by atoms with Crippen LogP contribution in [0.1, 0.15) is 28.4 Å². The van der Waals surface area contributed by atoms with Crippen molar-refractivity contribution in [2.45, 2.75) is 13.8 Å². The second-order valence-corrected chi connectivity index (χ2v) is 4.78. The SMILES string of the molecule is CCOc1ccccc1/C=C(\C#N)C(=O)c1ccccc1C. The third kappa shape index (κ3) is 3.42. The molecule has 0 aliphatic carbocycles. The van der Waals surface area contributed by atoms with E-state index in [1.54, 1.807) is 18.2 Å². The highest BCUT2D eigenvalue weighted by atomic mass is 16.5. The van der Waals surface area contributed by atoms with E-state index >= 15 is 0 Å². The first-order valence-electron chi connectivity index (χ1n) is 7.11. The minimum absolute atomic E-state index is 0.0986.